The molecule has 0 saturated carbocycles. The number of anilines is 2. The molecular weight excluding hydrogens is 204 g/mol. The number of hydrogen-bond acceptors (Lipinski definition) is 4. The molecule has 0 saturated heterocycles. The standard InChI is InChI=1S/C11H22N4O/c1-5-9-10(12)11(14(3)13-9)15(6-2)7-8-16-4/h5-8,12H2,1-4H3. The van der Waals surface area contributed by atoms with Crippen molar-refractivity contribution < 1.29 is 4.74 Å². The van der Waals surface area contributed by atoms with E-state index in [1.54, 1.807) is 7.11 Å². The summed E-state index contributed by atoms with van der Waals surface area (Å²) < 4.78 is 6.95. The first-order valence-electron chi connectivity index (χ1n) is 5.70. The number of nitrogens with two attached hydrogens (primary N) is 1. The van der Waals surface area contributed by atoms with Gasteiger partial charge in [-0.25, -0.2) is 0 Å². The number of ether oxygens (including phenoxy) is 1. The highest BCUT2D eigenvalue weighted by molar-refractivity contribution is 5.66. The Kier molecular flexibility index (Phi) is 4.61. The van der Waals surface area contributed by atoms with Crippen LogP contribution >= 0.6 is 0 Å². The summed E-state index contributed by atoms with van der Waals surface area (Å²) in [5.41, 5.74) is 7.86. The molecule has 0 unspecified atom stereocenters. The Morgan fingerprint density at radius 1 is 1.44 bits per heavy atom. The second kappa shape index (κ2) is 5.75. The van der Waals surface area contributed by atoms with Crippen LogP contribution in [0.3, 0.4) is 0 Å². The fourth-order valence-electron chi connectivity index (χ4n) is 1.84. The molecular formula is C11H22N4O. The van der Waals surface area contributed by atoms with Crippen molar-refractivity contribution in [3.05, 3.63) is 5.69 Å². The van der Waals surface area contributed by atoms with E-state index in [-0.39, 0.29) is 0 Å². The maximum absolute atomic E-state index is 6.10. The minimum absolute atomic E-state index is 0.694. The van der Waals surface area contributed by atoms with E-state index < -0.39 is 0 Å². The molecule has 1 aromatic heterocycles. The Bertz CT molecular complexity index is 335. The van der Waals surface area contributed by atoms with Gasteiger partial charge in [-0.3, -0.25) is 4.68 Å². The molecule has 1 rings (SSSR count). The van der Waals surface area contributed by atoms with Gasteiger partial charge in [-0.05, 0) is 13.3 Å². The van der Waals surface area contributed by atoms with Gasteiger partial charge in [0, 0.05) is 27.2 Å². The van der Waals surface area contributed by atoms with Gasteiger partial charge in [0.2, 0.25) is 0 Å². The molecule has 0 aliphatic rings. The predicted molar refractivity (Wildman–Crippen MR) is 66.8 cm³/mol. The molecule has 16 heavy (non-hydrogen) atoms. The molecule has 0 aliphatic heterocycles. The third-order valence-electron chi connectivity index (χ3n) is 2.71. The number of hydrogen-bond donors (Lipinski definition) is 1. The molecule has 0 aromatic carbocycles. The van der Waals surface area contributed by atoms with E-state index in [9.17, 15) is 0 Å². The van der Waals surface area contributed by atoms with Crippen molar-refractivity contribution in [2.24, 2.45) is 7.05 Å². The highest BCUT2D eigenvalue weighted by atomic mass is 16.5. The van der Waals surface area contributed by atoms with Crippen LogP contribution < -0.4 is 10.6 Å². The first kappa shape index (κ1) is 12.8. The molecule has 1 aromatic rings. The van der Waals surface area contributed by atoms with Crippen molar-refractivity contribution in [1.82, 2.24) is 9.78 Å². The highest BCUT2D eigenvalue weighted by Crippen LogP contribution is 2.26. The van der Waals surface area contributed by atoms with E-state index in [1.807, 2.05) is 11.7 Å². The summed E-state index contributed by atoms with van der Waals surface area (Å²) in [6, 6.07) is 0. The Labute approximate surface area is 97.2 Å². The van der Waals surface area contributed by atoms with Gasteiger partial charge >= 0.3 is 0 Å². The van der Waals surface area contributed by atoms with Crippen molar-refractivity contribution in [2.75, 3.05) is 37.4 Å². The maximum Gasteiger partial charge on any atom is 0.150 e. The molecule has 0 radical (unpaired) electrons. The van der Waals surface area contributed by atoms with Gasteiger partial charge in [0.05, 0.1) is 18.0 Å². The minimum atomic E-state index is 0.694. The first-order chi connectivity index (χ1) is 7.65. The quantitative estimate of drug-likeness (QED) is 0.787. The fraction of sp³-hybridized carbons (Fsp3) is 0.727. The third-order valence-corrected chi connectivity index (χ3v) is 2.71. The lowest BCUT2D eigenvalue weighted by Crippen LogP contribution is -2.29. The van der Waals surface area contributed by atoms with Gasteiger partial charge in [-0.1, -0.05) is 6.92 Å². The molecule has 0 spiro atoms. The molecule has 0 fully saturated rings. The summed E-state index contributed by atoms with van der Waals surface area (Å²) in [6.07, 6.45) is 0.863. The van der Waals surface area contributed by atoms with Crippen molar-refractivity contribution in [1.29, 1.82) is 0 Å². The van der Waals surface area contributed by atoms with Crippen LogP contribution in [0.1, 0.15) is 19.5 Å². The van der Waals surface area contributed by atoms with E-state index in [4.69, 9.17) is 10.5 Å². The Hall–Kier alpha value is -1.23. The SMILES string of the molecule is CCc1nn(C)c(N(CC)CCOC)c1N. The number of likely N-dealkylation sites (N-methyl/N-ethyl adjacent to an activating group) is 1. The third kappa shape index (κ3) is 2.47. The molecule has 92 valence electrons. The molecule has 0 bridgehead atoms. The van der Waals surface area contributed by atoms with Crippen LogP contribution in [-0.4, -0.2) is 36.6 Å². The molecule has 0 aliphatic carbocycles. The van der Waals surface area contributed by atoms with Gasteiger partial charge in [0.25, 0.3) is 0 Å². The smallest absolute Gasteiger partial charge is 0.150 e. The first-order valence-corrected chi connectivity index (χ1v) is 5.70. The van der Waals surface area contributed by atoms with Crippen molar-refractivity contribution >= 4 is 11.5 Å². The lowest BCUT2D eigenvalue weighted by Gasteiger charge is -2.23. The Morgan fingerprint density at radius 2 is 2.12 bits per heavy atom. The highest BCUT2D eigenvalue weighted by Gasteiger charge is 2.16. The van der Waals surface area contributed by atoms with Gasteiger partial charge in [-0.2, -0.15) is 5.10 Å². The summed E-state index contributed by atoms with van der Waals surface area (Å²) in [6.45, 7) is 6.59. The summed E-state index contributed by atoms with van der Waals surface area (Å²) in [5.74, 6) is 0.997. The van der Waals surface area contributed by atoms with Crippen LogP contribution in [-0.2, 0) is 18.2 Å². The molecule has 0 amide bonds. The topological polar surface area (TPSA) is 56.3 Å². The fourth-order valence-corrected chi connectivity index (χ4v) is 1.84. The molecule has 0 atom stereocenters. The van der Waals surface area contributed by atoms with E-state index in [0.717, 1.165) is 36.7 Å². The lowest BCUT2D eigenvalue weighted by atomic mass is 10.3. The number of rotatable bonds is 6. The maximum atomic E-state index is 6.10. The van der Waals surface area contributed by atoms with Crippen molar-refractivity contribution in [3.63, 3.8) is 0 Å². The van der Waals surface area contributed by atoms with E-state index in [1.165, 1.54) is 0 Å². The molecule has 5 heteroatoms. The molecule has 5 nitrogen and oxygen atoms in total. The second-order valence-corrected chi connectivity index (χ2v) is 3.73. The number of nitrogen functional groups attached to an aromatic ring is 1. The van der Waals surface area contributed by atoms with E-state index in [0.29, 0.717) is 6.61 Å². The largest absolute Gasteiger partial charge is 0.394 e. The monoisotopic (exact) mass is 226 g/mol. The summed E-state index contributed by atoms with van der Waals surface area (Å²) in [7, 11) is 3.64. The summed E-state index contributed by atoms with van der Waals surface area (Å²) >= 11 is 0. The Morgan fingerprint density at radius 3 is 2.56 bits per heavy atom. The molecule has 2 N–H and O–H groups in total. The second-order valence-electron chi connectivity index (χ2n) is 3.73. The van der Waals surface area contributed by atoms with E-state index in [2.05, 4.69) is 23.8 Å². The predicted octanol–water partition coefficient (Wildman–Crippen LogP) is 1.04. The molecule has 1 heterocycles. The van der Waals surface area contributed by atoms with Crippen LogP contribution in [0, 0.1) is 0 Å². The lowest BCUT2D eigenvalue weighted by molar-refractivity contribution is 0.205. The number of methoxy groups -OCH3 is 1. The van der Waals surface area contributed by atoms with Crippen LogP contribution in [0.5, 0.6) is 0 Å². The van der Waals surface area contributed by atoms with Crippen LogP contribution in [0.15, 0.2) is 0 Å². The zero-order chi connectivity index (χ0) is 12.1. The zero-order valence-corrected chi connectivity index (χ0v) is 10.7. The van der Waals surface area contributed by atoms with Crippen LogP contribution in [0.25, 0.3) is 0 Å². The number of nitrogens with zero attached hydrogens (tertiary/aromatic N) is 3. The summed E-state index contributed by atoms with van der Waals surface area (Å²) in [4.78, 5) is 2.19. The van der Waals surface area contributed by atoms with Gasteiger partial charge < -0.3 is 15.4 Å². The normalized spacial score (nSPS) is 10.8. The van der Waals surface area contributed by atoms with Crippen molar-refractivity contribution in [2.45, 2.75) is 20.3 Å². The number of aromatic nitrogens is 2. The van der Waals surface area contributed by atoms with E-state index >= 15 is 0 Å². The van der Waals surface area contributed by atoms with Crippen molar-refractivity contribution in [3.8, 4) is 0 Å². The zero-order valence-electron chi connectivity index (χ0n) is 10.7. The van der Waals surface area contributed by atoms with Crippen LogP contribution in [0.2, 0.25) is 0 Å². The average molecular weight is 226 g/mol. The minimum Gasteiger partial charge on any atom is -0.394 e. The Balaban J connectivity index is 2.95. The van der Waals surface area contributed by atoms with Gasteiger partial charge in [-0.15, -0.1) is 0 Å². The van der Waals surface area contributed by atoms with Crippen LogP contribution in [0.4, 0.5) is 11.5 Å². The average Bonchev–Trinajstić information content (AvgIpc) is 2.57. The summed E-state index contributed by atoms with van der Waals surface area (Å²) in [5, 5.41) is 4.41. The van der Waals surface area contributed by atoms with Gasteiger partial charge in [0.15, 0.2) is 0 Å². The number of aryl methyl sites for hydroxylation is 2. The van der Waals surface area contributed by atoms with Gasteiger partial charge in [0.1, 0.15) is 5.82 Å².